The van der Waals surface area contributed by atoms with Gasteiger partial charge >= 0.3 is 11.9 Å². The van der Waals surface area contributed by atoms with Crippen molar-refractivity contribution in [3.8, 4) is 0 Å². The van der Waals surface area contributed by atoms with E-state index in [0.29, 0.717) is 18.1 Å². The highest BCUT2D eigenvalue weighted by atomic mass is 16.4. The molecule has 136 valence electrons. The molecule has 8 nitrogen and oxygen atoms in total. The van der Waals surface area contributed by atoms with Crippen LogP contribution in [0, 0.1) is 5.92 Å². The molecule has 1 aliphatic rings. The molecule has 0 radical (unpaired) electrons. The van der Waals surface area contributed by atoms with Crippen LogP contribution in [0.15, 0.2) is 30.5 Å². The molecule has 1 amide bonds. The second-order valence-corrected chi connectivity index (χ2v) is 5.66. The second kappa shape index (κ2) is 10.2. The Balaban J connectivity index is 0.000000333. The van der Waals surface area contributed by atoms with E-state index in [1.54, 1.807) is 6.20 Å². The van der Waals surface area contributed by atoms with Crippen LogP contribution in [0.1, 0.15) is 22.5 Å². The van der Waals surface area contributed by atoms with Crippen molar-refractivity contribution in [1.29, 1.82) is 0 Å². The Hall–Kier alpha value is -2.74. The zero-order valence-electron chi connectivity index (χ0n) is 14.3. The molecule has 0 aliphatic carbocycles. The molecular formula is C17H23N3O5. The minimum absolute atomic E-state index is 0.0973. The van der Waals surface area contributed by atoms with Crippen LogP contribution in [-0.2, 0) is 16.0 Å². The van der Waals surface area contributed by atoms with Crippen molar-refractivity contribution in [3.05, 3.63) is 41.7 Å². The van der Waals surface area contributed by atoms with E-state index in [2.05, 4.69) is 10.3 Å². The van der Waals surface area contributed by atoms with Gasteiger partial charge in [0.15, 0.2) is 0 Å². The summed E-state index contributed by atoms with van der Waals surface area (Å²) >= 11 is 0. The van der Waals surface area contributed by atoms with Crippen molar-refractivity contribution in [2.24, 2.45) is 5.92 Å². The summed E-state index contributed by atoms with van der Waals surface area (Å²) in [4.78, 5) is 37.4. The molecule has 2 heterocycles. The maximum absolute atomic E-state index is 12.1. The molecule has 2 rings (SSSR count). The molecule has 1 atom stereocenters. The zero-order chi connectivity index (χ0) is 18.8. The van der Waals surface area contributed by atoms with Gasteiger partial charge in [-0.15, -0.1) is 0 Å². The predicted molar refractivity (Wildman–Crippen MR) is 91.3 cm³/mol. The van der Waals surface area contributed by atoms with E-state index in [1.165, 1.54) is 0 Å². The minimum Gasteiger partial charge on any atom is -0.478 e. The number of pyridine rings is 1. The maximum Gasteiger partial charge on any atom is 0.328 e. The molecule has 1 unspecified atom stereocenters. The summed E-state index contributed by atoms with van der Waals surface area (Å²) in [5, 5.41) is 18.8. The molecule has 0 spiro atoms. The van der Waals surface area contributed by atoms with E-state index in [0.717, 1.165) is 37.2 Å². The van der Waals surface area contributed by atoms with Crippen LogP contribution in [0.3, 0.4) is 0 Å². The Morgan fingerprint density at radius 3 is 2.56 bits per heavy atom. The van der Waals surface area contributed by atoms with Gasteiger partial charge in [0.1, 0.15) is 0 Å². The monoisotopic (exact) mass is 349 g/mol. The molecule has 0 aromatic carbocycles. The van der Waals surface area contributed by atoms with E-state index in [-0.39, 0.29) is 5.91 Å². The summed E-state index contributed by atoms with van der Waals surface area (Å²) in [7, 11) is 3.83. The topological polar surface area (TPSA) is 120 Å². The third-order valence-electron chi connectivity index (χ3n) is 3.65. The molecule has 25 heavy (non-hydrogen) atoms. The van der Waals surface area contributed by atoms with Gasteiger partial charge in [0.2, 0.25) is 0 Å². The van der Waals surface area contributed by atoms with Crippen LogP contribution < -0.4 is 5.32 Å². The van der Waals surface area contributed by atoms with Crippen molar-refractivity contribution in [2.45, 2.75) is 12.8 Å². The van der Waals surface area contributed by atoms with Crippen LogP contribution in [0.25, 0.3) is 0 Å². The van der Waals surface area contributed by atoms with E-state index >= 15 is 0 Å². The number of rotatable bonds is 5. The van der Waals surface area contributed by atoms with Gasteiger partial charge in [-0.25, -0.2) is 9.59 Å². The lowest BCUT2D eigenvalue weighted by Crippen LogP contribution is -2.30. The number of carbonyl (C=O) groups excluding carboxylic acids is 1. The molecule has 0 fully saturated rings. The van der Waals surface area contributed by atoms with E-state index in [9.17, 15) is 14.4 Å². The Kier molecular flexibility index (Phi) is 8.28. The third-order valence-corrected chi connectivity index (χ3v) is 3.65. The first-order chi connectivity index (χ1) is 11.8. The first-order valence-corrected chi connectivity index (χ1v) is 7.83. The number of hydrogen-bond acceptors (Lipinski definition) is 5. The average Bonchev–Trinajstić information content (AvgIpc) is 2.69. The summed E-state index contributed by atoms with van der Waals surface area (Å²) < 4.78 is 0. The number of nitrogens with one attached hydrogen (secondary N) is 1. The highest BCUT2D eigenvalue weighted by molar-refractivity contribution is 5.95. The molecule has 1 aromatic rings. The van der Waals surface area contributed by atoms with Crippen molar-refractivity contribution in [1.82, 2.24) is 15.2 Å². The number of aliphatic carboxylic acids is 2. The second-order valence-electron chi connectivity index (χ2n) is 5.66. The predicted octanol–water partition coefficient (Wildman–Crippen LogP) is 0.647. The van der Waals surface area contributed by atoms with E-state index < -0.39 is 11.9 Å². The molecule has 0 bridgehead atoms. The van der Waals surface area contributed by atoms with Crippen molar-refractivity contribution in [3.63, 3.8) is 0 Å². The molecule has 1 aliphatic heterocycles. The van der Waals surface area contributed by atoms with Crippen LogP contribution in [0.5, 0.6) is 0 Å². The van der Waals surface area contributed by atoms with Crippen molar-refractivity contribution >= 4 is 17.8 Å². The lowest BCUT2D eigenvalue weighted by molar-refractivity contribution is -0.134. The van der Waals surface area contributed by atoms with Crippen molar-refractivity contribution in [2.75, 3.05) is 27.2 Å². The minimum atomic E-state index is -1.26. The Morgan fingerprint density at radius 2 is 2.00 bits per heavy atom. The van der Waals surface area contributed by atoms with E-state index in [1.807, 2.05) is 31.1 Å². The van der Waals surface area contributed by atoms with Gasteiger partial charge in [0, 0.05) is 31.9 Å². The van der Waals surface area contributed by atoms with Crippen molar-refractivity contribution < 1.29 is 24.6 Å². The smallest absolute Gasteiger partial charge is 0.328 e. The lowest BCUT2D eigenvalue weighted by atomic mass is 9.98. The molecule has 8 heteroatoms. The first kappa shape index (κ1) is 20.3. The number of hydrogen-bond donors (Lipinski definition) is 3. The third kappa shape index (κ3) is 7.13. The van der Waals surface area contributed by atoms with Gasteiger partial charge < -0.3 is 20.4 Å². The van der Waals surface area contributed by atoms with Gasteiger partial charge in [-0.05, 0) is 44.5 Å². The zero-order valence-corrected chi connectivity index (χ0v) is 14.3. The van der Waals surface area contributed by atoms with Gasteiger partial charge in [0.05, 0.1) is 11.3 Å². The number of carbonyl (C=O) groups is 3. The number of nitrogens with zero attached hydrogens (tertiary/aromatic N) is 2. The van der Waals surface area contributed by atoms with Gasteiger partial charge in [-0.2, -0.15) is 0 Å². The summed E-state index contributed by atoms with van der Waals surface area (Å²) in [5.74, 6) is -1.92. The molecule has 3 N–H and O–H groups in total. The Labute approximate surface area is 146 Å². The maximum atomic E-state index is 12.1. The molecular weight excluding hydrogens is 326 g/mol. The summed E-state index contributed by atoms with van der Waals surface area (Å²) in [6.07, 6.45) is 4.86. The van der Waals surface area contributed by atoms with Crippen LogP contribution in [0.2, 0.25) is 0 Å². The van der Waals surface area contributed by atoms with Gasteiger partial charge in [0.25, 0.3) is 5.91 Å². The number of amides is 1. The number of carboxylic acid groups (broad SMARTS) is 2. The number of aromatic nitrogens is 1. The summed E-state index contributed by atoms with van der Waals surface area (Å²) in [6, 6.07) is 3.71. The Bertz CT molecular complexity index is 629. The SMILES string of the molecule is CNCCC1Cc2ncccc2C(=O)N(C)C1.O=C(O)/C=C/C(=O)O. The van der Waals surface area contributed by atoms with Gasteiger partial charge in [-0.3, -0.25) is 9.78 Å². The number of fused-ring (bicyclic) bond motifs is 1. The number of carboxylic acids is 2. The largest absolute Gasteiger partial charge is 0.478 e. The summed E-state index contributed by atoms with van der Waals surface area (Å²) in [5.41, 5.74) is 1.71. The summed E-state index contributed by atoms with van der Waals surface area (Å²) in [6.45, 7) is 1.80. The lowest BCUT2D eigenvalue weighted by Gasteiger charge is -2.19. The highest BCUT2D eigenvalue weighted by Gasteiger charge is 2.25. The van der Waals surface area contributed by atoms with Crippen LogP contribution in [-0.4, -0.2) is 65.1 Å². The molecule has 1 aromatic heterocycles. The van der Waals surface area contributed by atoms with Crippen LogP contribution >= 0.6 is 0 Å². The van der Waals surface area contributed by atoms with Gasteiger partial charge in [-0.1, -0.05) is 0 Å². The van der Waals surface area contributed by atoms with E-state index in [4.69, 9.17) is 10.2 Å². The Morgan fingerprint density at radius 1 is 1.36 bits per heavy atom. The van der Waals surface area contributed by atoms with Crippen LogP contribution in [0.4, 0.5) is 0 Å². The molecule has 0 saturated carbocycles. The standard InChI is InChI=1S/C13H19N3O.C4H4O4/c1-14-7-5-10-8-12-11(4-3-6-15-12)13(17)16(2)9-10;5-3(6)1-2-4(7)8/h3-4,6,10,14H,5,7-9H2,1-2H3;1-2H,(H,5,6)(H,7,8)/b;2-1+. The fourth-order valence-corrected chi connectivity index (χ4v) is 2.49. The fraction of sp³-hybridized carbons (Fsp3) is 0.412. The quantitative estimate of drug-likeness (QED) is 0.668. The normalized spacial score (nSPS) is 16.6. The average molecular weight is 349 g/mol. The highest BCUT2D eigenvalue weighted by Crippen LogP contribution is 2.21. The first-order valence-electron chi connectivity index (χ1n) is 7.83. The molecule has 0 saturated heterocycles. The fourth-order valence-electron chi connectivity index (χ4n) is 2.49.